The second-order valence-electron chi connectivity index (χ2n) is 8.57. The number of amides is 1. The smallest absolute Gasteiger partial charge is 0.223 e. The highest BCUT2D eigenvalue weighted by molar-refractivity contribution is 5.82. The van der Waals surface area contributed by atoms with Gasteiger partial charge in [0.2, 0.25) is 5.91 Å². The molecule has 2 aromatic heterocycles. The van der Waals surface area contributed by atoms with Crippen molar-refractivity contribution in [3.05, 3.63) is 72.8 Å². The van der Waals surface area contributed by atoms with Gasteiger partial charge < -0.3 is 9.47 Å². The highest BCUT2D eigenvalue weighted by atomic mass is 16.2. The van der Waals surface area contributed by atoms with Crippen LogP contribution >= 0.6 is 0 Å². The van der Waals surface area contributed by atoms with Crippen molar-refractivity contribution >= 4 is 16.9 Å². The van der Waals surface area contributed by atoms with Crippen LogP contribution in [0.3, 0.4) is 0 Å². The fraction of sp³-hybridized carbons (Fsp3) is 0.320. The molecule has 6 heteroatoms. The largest absolute Gasteiger partial charge is 0.340 e. The molecule has 1 fully saturated rings. The lowest BCUT2D eigenvalue weighted by Gasteiger charge is -2.21. The average molecular weight is 414 g/mol. The van der Waals surface area contributed by atoms with E-state index in [0.717, 1.165) is 48.1 Å². The third-order valence-electron chi connectivity index (χ3n) is 6.36. The molecular weight excluding hydrogens is 386 g/mol. The van der Waals surface area contributed by atoms with Gasteiger partial charge in [-0.1, -0.05) is 36.4 Å². The van der Waals surface area contributed by atoms with Gasteiger partial charge in [0.15, 0.2) is 0 Å². The summed E-state index contributed by atoms with van der Waals surface area (Å²) >= 11 is 0. The Labute approximate surface area is 181 Å². The number of carbonyl (C=O) groups excluding carboxylic acids is 1. The van der Waals surface area contributed by atoms with Crippen LogP contribution in [0.5, 0.6) is 0 Å². The van der Waals surface area contributed by atoms with Crippen molar-refractivity contribution in [3.8, 4) is 11.1 Å². The minimum Gasteiger partial charge on any atom is -0.340 e. The summed E-state index contributed by atoms with van der Waals surface area (Å²) in [5.74, 6) is 0.709. The fourth-order valence-corrected chi connectivity index (χ4v) is 4.74. The van der Waals surface area contributed by atoms with Gasteiger partial charge >= 0.3 is 0 Å². The highest BCUT2D eigenvalue weighted by Gasteiger charge is 2.32. The Morgan fingerprint density at radius 1 is 1.16 bits per heavy atom. The second-order valence-corrected chi connectivity index (χ2v) is 8.57. The van der Waals surface area contributed by atoms with E-state index in [1.165, 1.54) is 5.56 Å². The first-order chi connectivity index (χ1) is 15.2. The first-order valence-electron chi connectivity index (χ1n) is 10.9. The van der Waals surface area contributed by atoms with Gasteiger partial charge in [-0.05, 0) is 48.9 Å². The van der Waals surface area contributed by atoms with Crippen molar-refractivity contribution in [1.29, 1.82) is 0 Å². The number of nitrogens with zero attached hydrogens (tertiary/aromatic N) is 4. The lowest BCUT2D eigenvalue weighted by atomic mass is 10.1. The average Bonchev–Trinajstić information content (AvgIpc) is 3.53. The standard InChI is InChI=1S/C25H27N5O/c1-18-11-20(16-30(18)25(31)10-7-19-5-3-2-4-6-19)15-29-17-26-23-12-21(8-9-24(23)29)22-13-27-28-14-22/h2-6,8-9,12-14,17-18,20H,7,10-11,15-16H2,1H3,(H,27,28)/t18-,20+/m1/s1. The van der Waals surface area contributed by atoms with Gasteiger partial charge in [-0.15, -0.1) is 0 Å². The maximum atomic E-state index is 12.8. The van der Waals surface area contributed by atoms with E-state index >= 15 is 0 Å². The Hall–Kier alpha value is -3.41. The first-order valence-corrected chi connectivity index (χ1v) is 10.9. The van der Waals surface area contributed by atoms with Crippen molar-refractivity contribution in [2.75, 3.05) is 6.54 Å². The van der Waals surface area contributed by atoms with E-state index in [4.69, 9.17) is 0 Å². The molecule has 0 bridgehead atoms. The summed E-state index contributed by atoms with van der Waals surface area (Å²) in [6.07, 6.45) is 8.05. The predicted molar refractivity (Wildman–Crippen MR) is 121 cm³/mol. The van der Waals surface area contributed by atoms with Crippen LogP contribution in [0.1, 0.15) is 25.3 Å². The van der Waals surface area contributed by atoms with Gasteiger partial charge in [0.05, 0.1) is 23.6 Å². The monoisotopic (exact) mass is 413 g/mol. The maximum Gasteiger partial charge on any atom is 0.223 e. The summed E-state index contributed by atoms with van der Waals surface area (Å²) in [7, 11) is 0. The zero-order valence-electron chi connectivity index (χ0n) is 17.7. The van der Waals surface area contributed by atoms with Crippen LogP contribution in [0.25, 0.3) is 22.2 Å². The number of imidazole rings is 1. The van der Waals surface area contributed by atoms with Gasteiger partial charge in [0, 0.05) is 37.3 Å². The molecule has 5 rings (SSSR count). The van der Waals surface area contributed by atoms with Crippen LogP contribution in [-0.4, -0.2) is 43.1 Å². The third kappa shape index (κ3) is 4.10. The molecule has 0 radical (unpaired) electrons. The summed E-state index contributed by atoms with van der Waals surface area (Å²) in [6, 6.07) is 16.9. The van der Waals surface area contributed by atoms with E-state index in [2.05, 4.69) is 61.9 Å². The molecule has 0 saturated carbocycles. The molecule has 0 spiro atoms. The minimum absolute atomic E-state index is 0.263. The van der Waals surface area contributed by atoms with Crippen LogP contribution in [0, 0.1) is 5.92 Å². The number of aromatic nitrogens is 4. The molecule has 1 N–H and O–H groups in total. The quantitative estimate of drug-likeness (QED) is 0.513. The molecule has 4 aromatic rings. The molecule has 1 aliphatic rings. The van der Waals surface area contributed by atoms with Gasteiger partial charge in [-0.3, -0.25) is 9.89 Å². The van der Waals surface area contributed by atoms with E-state index < -0.39 is 0 Å². The number of fused-ring (bicyclic) bond motifs is 1. The molecule has 31 heavy (non-hydrogen) atoms. The molecule has 158 valence electrons. The van der Waals surface area contributed by atoms with Gasteiger partial charge in [0.25, 0.3) is 0 Å². The Bertz CT molecular complexity index is 1170. The van der Waals surface area contributed by atoms with E-state index in [1.54, 1.807) is 0 Å². The Balaban J connectivity index is 1.23. The summed E-state index contributed by atoms with van der Waals surface area (Å²) in [5, 5.41) is 6.89. The van der Waals surface area contributed by atoms with Crippen LogP contribution in [0.4, 0.5) is 0 Å². The van der Waals surface area contributed by atoms with E-state index in [9.17, 15) is 4.79 Å². The fourth-order valence-electron chi connectivity index (χ4n) is 4.74. The molecule has 2 aromatic carbocycles. The zero-order chi connectivity index (χ0) is 21.2. The summed E-state index contributed by atoms with van der Waals surface area (Å²) in [6.45, 7) is 3.87. The molecule has 6 nitrogen and oxygen atoms in total. The minimum atomic E-state index is 0.263. The van der Waals surface area contributed by atoms with Crippen molar-refractivity contribution in [2.24, 2.45) is 5.92 Å². The van der Waals surface area contributed by atoms with Gasteiger partial charge in [-0.25, -0.2) is 4.98 Å². The van der Waals surface area contributed by atoms with Gasteiger partial charge in [0.1, 0.15) is 0 Å². The SMILES string of the molecule is C[C@@H]1C[C@@H](Cn2cnc3cc(-c4cn[nH]c4)ccc32)CN1C(=O)CCc1ccccc1. The molecule has 1 saturated heterocycles. The van der Waals surface area contributed by atoms with Crippen LogP contribution in [0.15, 0.2) is 67.3 Å². The lowest BCUT2D eigenvalue weighted by molar-refractivity contribution is -0.131. The molecule has 0 aliphatic carbocycles. The Kier molecular flexibility index (Phi) is 5.28. The van der Waals surface area contributed by atoms with Crippen molar-refractivity contribution in [2.45, 2.75) is 38.8 Å². The van der Waals surface area contributed by atoms with Crippen LogP contribution in [0.2, 0.25) is 0 Å². The number of hydrogen-bond acceptors (Lipinski definition) is 3. The lowest BCUT2D eigenvalue weighted by Crippen LogP contribution is -2.34. The van der Waals surface area contributed by atoms with E-state index in [0.29, 0.717) is 12.3 Å². The summed E-state index contributed by atoms with van der Waals surface area (Å²) in [4.78, 5) is 19.5. The van der Waals surface area contributed by atoms with Crippen molar-refractivity contribution in [3.63, 3.8) is 0 Å². The first kappa shape index (κ1) is 19.5. The van der Waals surface area contributed by atoms with Crippen LogP contribution in [-0.2, 0) is 17.8 Å². The molecule has 0 unspecified atom stereocenters. The summed E-state index contributed by atoms with van der Waals surface area (Å²) < 4.78 is 2.23. The van der Waals surface area contributed by atoms with Crippen molar-refractivity contribution < 1.29 is 4.79 Å². The second kappa shape index (κ2) is 8.38. The van der Waals surface area contributed by atoms with E-state index in [-0.39, 0.29) is 11.9 Å². The molecule has 1 amide bonds. The van der Waals surface area contributed by atoms with E-state index in [1.807, 2.05) is 36.9 Å². The number of likely N-dealkylation sites (tertiary alicyclic amines) is 1. The Morgan fingerprint density at radius 2 is 2.03 bits per heavy atom. The number of H-pyrrole nitrogens is 1. The van der Waals surface area contributed by atoms with Gasteiger partial charge in [-0.2, -0.15) is 5.10 Å². The molecule has 2 atom stereocenters. The number of aromatic amines is 1. The number of rotatable bonds is 6. The number of benzene rings is 2. The Morgan fingerprint density at radius 3 is 2.84 bits per heavy atom. The normalized spacial score (nSPS) is 18.7. The zero-order valence-corrected chi connectivity index (χ0v) is 17.7. The molecule has 3 heterocycles. The van der Waals surface area contributed by atoms with Crippen LogP contribution < -0.4 is 0 Å². The van der Waals surface area contributed by atoms with Crippen molar-refractivity contribution in [1.82, 2.24) is 24.6 Å². The predicted octanol–water partition coefficient (Wildman–Crippen LogP) is 4.30. The molecule has 1 aliphatic heterocycles. The number of carbonyl (C=O) groups is 1. The topological polar surface area (TPSA) is 66.8 Å². The number of nitrogens with one attached hydrogen (secondary N) is 1. The highest BCUT2D eigenvalue weighted by Crippen LogP contribution is 2.28. The number of aryl methyl sites for hydroxylation is 1. The molecular formula is C25H27N5O. The maximum absolute atomic E-state index is 12.8. The summed E-state index contributed by atoms with van der Waals surface area (Å²) in [5.41, 5.74) is 5.51. The third-order valence-corrected chi connectivity index (χ3v) is 6.36. The number of hydrogen-bond donors (Lipinski definition) is 1.